The Kier molecular flexibility index (Phi) is 4.46. The van der Waals surface area contributed by atoms with Gasteiger partial charge in [0.25, 0.3) is 0 Å². The third kappa shape index (κ3) is 3.47. The Morgan fingerprint density at radius 3 is 2.32 bits per heavy atom. The number of halogens is 3. The summed E-state index contributed by atoms with van der Waals surface area (Å²) in [5.74, 6) is 0.0643. The lowest BCUT2D eigenvalue weighted by atomic mass is 10.1. The Morgan fingerprint density at radius 2 is 1.68 bits per heavy atom. The van der Waals surface area contributed by atoms with Gasteiger partial charge in [-0.1, -0.05) is 40.9 Å². The number of nitrogens with one attached hydrogen (secondary N) is 1. The number of anilines is 1. The molecule has 0 saturated carbocycles. The van der Waals surface area contributed by atoms with Gasteiger partial charge < -0.3 is 10.4 Å². The summed E-state index contributed by atoms with van der Waals surface area (Å²) < 4.78 is 0. The summed E-state index contributed by atoms with van der Waals surface area (Å²) in [5, 5.41) is 14.0. The SMILES string of the molecule is CC(Nc1ccc(O)c(Cl)c1)c1ccc(Cl)c(Cl)c1. The molecule has 2 rings (SSSR count). The van der Waals surface area contributed by atoms with Gasteiger partial charge in [-0.05, 0) is 42.8 Å². The van der Waals surface area contributed by atoms with Crippen LogP contribution in [0, 0.1) is 0 Å². The van der Waals surface area contributed by atoms with Crippen molar-refractivity contribution in [1.29, 1.82) is 0 Å². The van der Waals surface area contributed by atoms with E-state index < -0.39 is 0 Å². The van der Waals surface area contributed by atoms with E-state index in [9.17, 15) is 5.11 Å². The molecule has 0 aliphatic heterocycles. The summed E-state index contributed by atoms with van der Waals surface area (Å²) in [5.41, 5.74) is 1.83. The summed E-state index contributed by atoms with van der Waals surface area (Å²) in [6.07, 6.45) is 0. The van der Waals surface area contributed by atoms with E-state index in [0.717, 1.165) is 11.3 Å². The molecule has 100 valence electrons. The number of phenols is 1. The van der Waals surface area contributed by atoms with E-state index in [2.05, 4.69) is 5.32 Å². The molecule has 0 fully saturated rings. The average Bonchev–Trinajstić information content (AvgIpc) is 2.37. The lowest BCUT2D eigenvalue weighted by Crippen LogP contribution is -2.06. The van der Waals surface area contributed by atoms with Gasteiger partial charge in [0.05, 0.1) is 15.1 Å². The monoisotopic (exact) mass is 315 g/mol. The number of aromatic hydroxyl groups is 1. The molecule has 0 amide bonds. The zero-order valence-corrected chi connectivity index (χ0v) is 12.4. The van der Waals surface area contributed by atoms with Crippen LogP contribution in [0.15, 0.2) is 36.4 Å². The Bertz CT molecular complexity index is 601. The molecule has 2 nitrogen and oxygen atoms in total. The van der Waals surface area contributed by atoms with Crippen molar-refractivity contribution in [3.05, 3.63) is 57.0 Å². The van der Waals surface area contributed by atoms with Crippen LogP contribution in [-0.4, -0.2) is 5.11 Å². The molecule has 2 aromatic rings. The average molecular weight is 317 g/mol. The van der Waals surface area contributed by atoms with Gasteiger partial charge in [0, 0.05) is 11.7 Å². The Labute approximate surface area is 126 Å². The molecule has 0 bridgehead atoms. The first-order valence-corrected chi connectivity index (χ1v) is 6.81. The van der Waals surface area contributed by atoms with Crippen LogP contribution in [0.5, 0.6) is 5.75 Å². The van der Waals surface area contributed by atoms with Crippen molar-refractivity contribution in [1.82, 2.24) is 0 Å². The van der Waals surface area contributed by atoms with Gasteiger partial charge in [0.15, 0.2) is 0 Å². The van der Waals surface area contributed by atoms with Crippen LogP contribution in [0.3, 0.4) is 0 Å². The van der Waals surface area contributed by atoms with E-state index in [-0.39, 0.29) is 11.8 Å². The van der Waals surface area contributed by atoms with Crippen LogP contribution >= 0.6 is 34.8 Å². The molecule has 0 aromatic heterocycles. The summed E-state index contributed by atoms with van der Waals surface area (Å²) in [4.78, 5) is 0. The van der Waals surface area contributed by atoms with Gasteiger partial charge in [-0.15, -0.1) is 0 Å². The van der Waals surface area contributed by atoms with E-state index in [1.54, 1.807) is 24.3 Å². The molecule has 0 spiro atoms. The number of hydrogen-bond acceptors (Lipinski definition) is 2. The van der Waals surface area contributed by atoms with Gasteiger partial charge in [-0.2, -0.15) is 0 Å². The molecule has 19 heavy (non-hydrogen) atoms. The van der Waals surface area contributed by atoms with Crippen molar-refractivity contribution in [2.24, 2.45) is 0 Å². The predicted octanol–water partition coefficient (Wildman–Crippen LogP) is 5.53. The molecule has 2 aromatic carbocycles. The maximum absolute atomic E-state index is 9.37. The number of hydrogen-bond donors (Lipinski definition) is 2. The summed E-state index contributed by atoms with van der Waals surface area (Å²) in [6.45, 7) is 2.00. The van der Waals surface area contributed by atoms with Crippen molar-refractivity contribution in [3.63, 3.8) is 0 Å². The van der Waals surface area contributed by atoms with Crippen molar-refractivity contribution in [3.8, 4) is 5.75 Å². The fraction of sp³-hybridized carbons (Fsp3) is 0.143. The highest BCUT2D eigenvalue weighted by Crippen LogP contribution is 2.30. The topological polar surface area (TPSA) is 32.3 Å². The van der Waals surface area contributed by atoms with Gasteiger partial charge in [-0.3, -0.25) is 0 Å². The molecule has 0 aliphatic rings. The highest BCUT2D eigenvalue weighted by Gasteiger charge is 2.08. The molecule has 2 N–H and O–H groups in total. The van der Waals surface area contributed by atoms with Crippen LogP contribution < -0.4 is 5.32 Å². The third-order valence-corrected chi connectivity index (χ3v) is 3.82. The van der Waals surface area contributed by atoms with Crippen LogP contribution in [0.4, 0.5) is 5.69 Å². The Balaban J connectivity index is 2.17. The number of rotatable bonds is 3. The second-order valence-corrected chi connectivity index (χ2v) is 5.43. The molecule has 0 aliphatic carbocycles. The molecule has 5 heteroatoms. The van der Waals surface area contributed by atoms with Gasteiger partial charge in [0.2, 0.25) is 0 Å². The largest absolute Gasteiger partial charge is 0.506 e. The molecule has 0 heterocycles. The molecular formula is C14H12Cl3NO. The van der Waals surface area contributed by atoms with Crippen LogP contribution in [0.2, 0.25) is 15.1 Å². The quantitative estimate of drug-likeness (QED) is 0.730. The molecular weight excluding hydrogens is 305 g/mol. The predicted molar refractivity (Wildman–Crippen MR) is 81.6 cm³/mol. The van der Waals surface area contributed by atoms with Crippen molar-refractivity contribution < 1.29 is 5.11 Å². The number of phenolic OH excluding ortho intramolecular Hbond substituents is 1. The summed E-state index contributed by atoms with van der Waals surface area (Å²) in [6, 6.07) is 10.5. The highest BCUT2D eigenvalue weighted by molar-refractivity contribution is 6.42. The van der Waals surface area contributed by atoms with Crippen LogP contribution in [-0.2, 0) is 0 Å². The first-order valence-electron chi connectivity index (χ1n) is 5.67. The molecule has 1 atom stereocenters. The zero-order valence-electron chi connectivity index (χ0n) is 10.1. The van der Waals surface area contributed by atoms with Gasteiger partial charge in [-0.25, -0.2) is 0 Å². The van der Waals surface area contributed by atoms with Gasteiger partial charge >= 0.3 is 0 Å². The Hall–Kier alpha value is -1.09. The lowest BCUT2D eigenvalue weighted by molar-refractivity contribution is 0.475. The minimum atomic E-state index is 0.0374. The number of benzene rings is 2. The minimum Gasteiger partial charge on any atom is -0.506 e. The maximum atomic E-state index is 9.37. The van der Waals surface area contributed by atoms with E-state index >= 15 is 0 Å². The summed E-state index contributed by atoms with van der Waals surface area (Å²) >= 11 is 17.7. The van der Waals surface area contributed by atoms with E-state index in [0.29, 0.717) is 15.1 Å². The van der Waals surface area contributed by atoms with Crippen LogP contribution in [0.25, 0.3) is 0 Å². The fourth-order valence-corrected chi connectivity index (χ4v) is 2.20. The van der Waals surface area contributed by atoms with E-state index in [1.165, 1.54) is 0 Å². The summed E-state index contributed by atoms with van der Waals surface area (Å²) in [7, 11) is 0. The second-order valence-electron chi connectivity index (χ2n) is 4.21. The first-order chi connectivity index (χ1) is 8.97. The Morgan fingerprint density at radius 1 is 0.947 bits per heavy atom. The maximum Gasteiger partial charge on any atom is 0.134 e. The zero-order chi connectivity index (χ0) is 14.0. The van der Waals surface area contributed by atoms with Crippen LogP contribution in [0.1, 0.15) is 18.5 Å². The highest BCUT2D eigenvalue weighted by atomic mass is 35.5. The van der Waals surface area contributed by atoms with E-state index in [4.69, 9.17) is 34.8 Å². The lowest BCUT2D eigenvalue weighted by Gasteiger charge is -2.16. The third-order valence-electron chi connectivity index (χ3n) is 2.77. The minimum absolute atomic E-state index is 0.0374. The fourth-order valence-electron chi connectivity index (χ4n) is 1.71. The van der Waals surface area contributed by atoms with E-state index in [1.807, 2.05) is 19.1 Å². The second kappa shape index (κ2) is 5.91. The molecule has 0 radical (unpaired) electrons. The standard InChI is InChI=1S/C14H12Cl3NO/c1-8(9-2-4-11(15)12(16)6-9)18-10-3-5-14(19)13(17)7-10/h2-8,18-19H,1H3. The smallest absolute Gasteiger partial charge is 0.134 e. The van der Waals surface area contributed by atoms with Crippen molar-refractivity contribution in [2.45, 2.75) is 13.0 Å². The normalized spacial score (nSPS) is 12.2. The van der Waals surface area contributed by atoms with Crippen molar-refractivity contribution in [2.75, 3.05) is 5.32 Å². The van der Waals surface area contributed by atoms with Gasteiger partial charge in [0.1, 0.15) is 5.75 Å². The molecule has 1 unspecified atom stereocenters. The molecule has 0 saturated heterocycles. The van der Waals surface area contributed by atoms with Crippen molar-refractivity contribution >= 4 is 40.5 Å². The first kappa shape index (κ1) is 14.3.